The number of ether oxygens (including phenoxy) is 2. The zero-order chi connectivity index (χ0) is 17.4. The second kappa shape index (κ2) is 9.12. The van der Waals surface area contributed by atoms with Crippen molar-refractivity contribution in [1.29, 1.82) is 0 Å². The second-order valence-corrected chi connectivity index (χ2v) is 5.21. The van der Waals surface area contributed by atoms with Crippen LogP contribution in [-0.2, 0) is 19.1 Å². The first-order valence-corrected chi connectivity index (χ1v) is 7.25. The molecular weight excluding hydrogens is 320 g/mol. The molecule has 6 heteroatoms. The summed E-state index contributed by atoms with van der Waals surface area (Å²) in [5.41, 5.74) is 1.07. The van der Waals surface area contributed by atoms with Crippen LogP contribution in [-0.4, -0.2) is 31.3 Å². The van der Waals surface area contributed by atoms with E-state index in [0.717, 1.165) is 0 Å². The topological polar surface area (TPSA) is 72.8 Å². The quantitative estimate of drug-likeness (QED) is 0.611. The first-order valence-electron chi connectivity index (χ1n) is 6.87. The predicted octanol–water partition coefficient (Wildman–Crippen LogP) is 2.98. The Hall–Kier alpha value is -2.11. The average Bonchev–Trinajstić information content (AvgIpc) is 2.57. The lowest BCUT2D eigenvalue weighted by Crippen LogP contribution is -2.10. The molecule has 1 aromatic carbocycles. The van der Waals surface area contributed by atoms with Crippen LogP contribution in [0.1, 0.15) is 24.5 Å². The van der Waals surface area contributed by atoms with E-state index >= 15 is 0 Å². The fourth-order valence-corrected chi connectivity index (χ4v) is 1.99. The van der Waals surface area contributed by atoms with E-state index in [9.17, 15) is 14.7 Å². The van der Waals surface area contributed by atoms with Crippen molar-refractivity contribution in [3.8, 4) is 0 Å². The summed E-state index contributed by atoms with van der Waals surface area (Å²) in [4.78, 5) is 23.1. The van der Waals surface area contributed by atoms with Gasteiger partial charge in [-0.15, -0.1) is 0 Å². The number of benzene rings is 1. The van der Waals surface area contributed by atoms with Crippen LogP contribution < -0.4 is 0 Å². The third kappa shape index (κ3) is 5.88. The maximum absolute atomic E-state index is 11.8. The van der Waals surface area contributed by atoms with Gasteiger partial charge in [-0.05, 0) is 36.6 Å². The average molecular weight is 339 g/mol. The highest BCUT2D eigenvalue weighted by Gasteiger charge is 2.16. The van der Waals surface area contributed by atoms with Crippen LogP contribution in [0.2, 0.25) is 5.02 Å². The Bertz CT molecular complexity index is 604. The number of esters is 2. The molecule has 0 heterocycles. The Kier molecular flexibility index (Phi) is 7.51. The Balaban J connectivity index is 2.88. The van der Waals surface area contributed by atoms with Crippen molar-refractivity contribution in [3.05, 3.63) is 58.7 Å². The lowest BCUT2D eigenvalue weighted by atomic mass is 10.0. The first-order chi connectivity index (χ1) is 10.9. The summed E-state index contributed by atoms with van der Waals surface area (Å²) in [5.74, 6) is -1.11. The van der Waals surface area contributed by atoms with Crippen molar-refractivity contribution in [3.63, 3.8) is 0 Å². The van der Waals surface area contributed by atoms with Crippen molar-refractivity contribution in [1.82, 2.24) is 0 Å². The van der Waals surface area contributed by atoms with Crippen LogP contribution >= 0.6 is 11.6 Å². The fourth-order valence-electron chi connectivity index (χ4n) is 1.86. The smallest absolute Gasteiger partial charge is 0.333 e. The summed E-state index contributed by atoms with van der Waals surface area (Å²) in [6.07, 6.45) is 0.819. The third-order valence-electron chi connectivity index (χ3n) is 3.19. The molecular formula is C17H19ClO5. The largest absolute Gasteiger partial charge is 0.466 e. The van der Waals surface area contributed by atoms with Gasteiger partial charge in [0, 0.05) is 16.2 Å². The fraction of sp³-hybridized carbons (Fsp3) is 0.294. The minimum atomic E-state index is -0.993. The number of aliphatic hydroxyl groups excluding tert-OH is 1. The molecule has 0 saturated carbocycles. The van der Waals surface area contributed by atoms with Crippen LogP contribution in [0.5, 0.6) is 0 Å². The summed E-state index contributed by atoms with van der Waals surface area (Å²) < 4.78 is 9.26. The molecule has 0 fully saturated rings. The van der Waals surface area contributed by atoms with Crippen LogP contribution in [0.25, 0.3) is 0 Å². The van der Waals surface area contributed by atoms with Gasteiger partial charge in [0.15, 0.2) is 0 Å². The van der Waals surface area contributed by atoms with Crippen LogP contribution in [0, 0.1) is 0 Å². The lowest BCUT2D eigenvalue weighted by molar-refractivity contribution is -0.137. The Morgan fingerprint density at radius 2 is 1.74 bits per heavy atom. The molecule has 5 nitrogen and oxygen atoms in total. The Morgan fingerprint density at radius 1 is 1.17 bits per heavy atom. The molecule has 1 rings (SSSR count). The molecule has 124 valence electrons. The third-order valence-corrected chi connectivity index (χ3v) is 3.44. The van der Waals surface area contributed by atoms with Crippen molar-refractivity contribution in [2.75, 3.05) is 14.2 Å². The van der Waals surface area contributed by atoms with E-state index in [4.69, 9.17) is 16.3 Å². The Labute approximate surface area is 140 Å². The minimum absolute atomic E-state index is 0.200. The van der Waals surface area contributed by atoms with Crippen molar-refractivity contribution in [2.45, 2.75) is 18.9 Å². The number of hydrogen-bond donors (Lipinski definition) is 1. The van der Waals surface area contributed by atoms with Gasteiger partial charge < -0.3 is 14.6 Å². The number of carbonyl (C=O) groups excluding carboxylic acids is 2. The maximum Gasteiger partial charge on any atom is 0.333 e. The van der Waals surface area contributed by atoms with E-state index < -0.39 is 18.0 Å². The highest BCUT2D eigenvalue weighted by atomic mass is 35.5. The molecule has 1 aromatic rings. The molecule has 1 N–H and O–H groups in total. The number of methoxy groups -OCH3 is 2. The number of rotatable bonds is 7. The summed E-state index contributed by atoms with van der Waals surface area (Å²) in [5, 5.41) is 10.8. The molecule has 0 aliphatic heterocycles. The van der Waals surface area contributed by atoms with E-state index in [0.29, 0.717) is 10.6 Å². The van der Waals surface area contributed by atoms with Crippen LogP contribution in [0.15, 0.2) is 48.1 Å². The lowest BCUT2D eigenvalue weighted by Gasteiger charge is -2.11. The van der Waals surface area contributed by atoms with Gasteiger partial charge in [-0.3, -0.25) is 0 Å². The number of aliphatic hydroxyl groups is 1. The van der Waals surface area contributed by atoms with Gasteiger partial charge in [0.05, 0.1) is 20.3 Å². The van der Waals surface area contributed by atoms with Gasteiger partial charge in [-0.2, -0.15) is 0 Å². The second-order valence-electron chi connectivity index (χ2n) is 4.78. The number of hydrogen-bond acceptors (Lipinski definition) is 5. The zero-order valence-electron chi connectivity index (χ0n) is 13.0. The van der Waals surface area contributed by atoms with Crippen LogP contribution in [0.3, 0.4) is 0 Å². The van der Waals surface area contributed by atoms with Gasteiger partial charge in [-0.1, -0.05) is 30.3 Å². The molecule has 23 heavy (non-hydrogen) atoms. The van der Waals surface area contributed by atoms with Crippen molar-refractivity contribution >= 4 is 23.5 Å². The molecule has 0 aliphatic carbocycles. The summed E-state index contributed by atoms with van der Waals surface area (Å²) >= 11 is 5.80. The first kappa shape index (κ1) is 18.9. The van der Waals surface area contributed by atoms with E-state index in [1.165, 1.54) is 20.3 Å². The molecule has 0 amide bonds. The SMILES string of the molecule is C=C(CC/C(=C\C(O)c1ccc(Cl)cc1)C(=O)OC)C(=O)OC. The summed E-state index contributed by atoms with van der Waals surface area (Å²) in [6, 6.07) is 6.60. The van der Waals surface area contributed by atoms with Gasteiger partial charge in [0.25, 0.3) is 0 Å². The van der Waals surface area contributed by atoms with E-state index in [1.807, 2.05) is 0 Å². The minimum Gasteiger partial charge on any atom is -0.466 e. The molecule has 0 spiro atoms. The van der Waals surface area contributed by atoms with Gasteiger partial charge in [0.1, 0.15) is 0 Å². The predicted molar refractivity (Wildman–Crippen MR) is 86.9 cm³/mol. The molecule has 0 aliphatic rings. The number of carbonyl (C=O) groups is 2. The van der Waals surface area contributed by atoms with Crippen LogP contribution in [0.4, 0.5) is 0 Å². The van der Waals surface area contributed by atoms with E-state index in [1.54, 1.807) is 24.3 Å². The molecule has 0 radical (unpaired) electrons. The molecule has 0 saturated heterocycles. The molecule has 1 atom stereocenters. The van der Waals surface area contributed by atoms with Gasteiger partial charge in [0.2, 0.25) is 0 Å². The maximum atomic E-state index is 11.8. The highest BCUT2D eigenvalue weighted by Crippen LogP contribution is 2.21. The normalized spacial score (nSPS) is 12.4. The highest BCUT2D eigenvalue weighted by molar-refractivity contribution is 6.30. The molecule has 0 bridgehead atoms. The monoisotopic (exact) mass is 338 g/mol. The Morgan fingerprint density at radius 3 is 2.26 bits per heavy atom. The van der Waals surface area contributed by atoms with E-state index in [2.05, 4.69) is 11.3 Å². The number of halogens is 1. The van der Waals surface area contributed by atoms with E-state index in [-0.39, 0.29) is 24.0 Å². The summed E-state index contributed by atoms with van der Waals surface area (Å²) in [6.45, 7) is 3.60. The zero-order valence-corrected chi connectivity index (χ0v) is 13.8. The van der Waals surface area contributed by atoms with Gasteiger partial charge in [-0.25, -0.2) is 9.59 Å². The molecule has 0 aromatic heterocycles. The standard InChI is InChI=1S/C17H19ClO5/c1-11(16(20)22-2)4-5-13(17(21)23-3)10-15(19)12-6-8-14(18)9-7-12/h6-10,15,19H,1,4-5H2,2-3H3/b13-10+. The van der Waals surface area contributed by atoms with Crippen molar-refractivity contribution < 1.29 is 24.2 Å². The van der Waals surface area contributed by atoms with Crippen molar-refractivity contribution in [2.24, 2.45) is 0 Å². The summed E-state index contributed by atoms with van der Waals surface area (Å²) in [7, 11) is 2.51. The molecule has 1 unspecified atom stereocenters. The van der Waals surface area contributed by atoms with Gasteiger partial charge >= 0.3 is 11.9 Å².